The quantitative estimate of drug-likeness (QED) is 0.846. The average molecular weight is 249 g/mol. The van der Waals surface area contributed by atoms with Crippen molar-refractivity contribution in [1.82, 2.24) is 0 Å². The molecule has 2 heteroatoms. The average Bonchev–Trinajstić information content (AvgIpc) is 2.41. The summed E-state index contributed by atoms with van der Waals surface area (Å²) in [7, 11) is 0. The summed E-state index contributed by atoms with van der Waals surface area (Å²) in [4.78, 5) is 0. The summed E-state index contributed by atoms with van der Waals surface area (Å²) in [6.07, 6.45) is 6.24. The summed E-state index contributed by atoms with van der Waals surface area (Å²) in [5, 5.41) is 0. The molecule has 0 saturated heterocycles. The van der Waals surface area contributed by atoms with Crippen molar-refractivity contribution in [3.05, 3.63) is 35.1 Å². The van der Waals surface area contributed by atoms with Gasteiger partial charge in [-0.3, -0.25) is 0 Å². The van der Waals surface area contributed by atoms with Crippen LogP contribution in [-0.2, 0) is 0 Å². The van der Waals surface area contributed by atoms with Gasteiger partial charge < -0.3 is 5.73 Å². The van der Waals surface area contributed by atoms with Gasteiger partial charge in [-0.25, -0.2) is 4.39 Å². The lowest BCUT2D eigenvalue weighted by Crippen LogP contribution is -2.27. The van der Waals surface area contributed by atoms with Crippen LogP contribution >= 0.6 is 0 Å². The number of nitrogens with two attached hydrogens (primary N) is 1. The van der Waals surface area contributed by atoms with Crippen molar-refractivity contribution in [2.24, 2.45) is 17.6 Å². The van der Waals surface area contributed by atoms with Crippen LogP contribution in [0.4, 0.5) is 4.39 Å². The van der Waals surface area contributed by atoms with Gasteiger partial charge in [0.2, 0.25) is 0 Å². The number of halogens is 1. The van der Waals surface area contributed by atoms with Crippen molar-refractivity contribution in [1.29, 1.82) is 0 Å². The molecule has 1 saturated carbocycles. The van der Waals surface area contributed by atoms with Gasteiger partial charge in [0.15, 0.2) is 0 Å². The summed E-state index contributed by atoms with van der Waals surface area (Å²) in [5.41, 5.74) is 8.50. The Hall–Kier alpha value is -0.890. The fraction of sp³-hybridized carbons (Fsp3) is 0.625. The van der Waals surface area contributed by atoms with E-state index in [2.05, 4.69) is 6.92 Å². The molecule has 1 fully saturated rings. The van der Waals surface area contributed by atoms with Gasteiger partial charge in [-0.1, -0.05) is 32.3 Å². The molecule has 0 heterocycles. The molecule has 0 bridgehead atoms. The van der Waals surface area contributed by atoms with E-state index in [-0.39, 0.29) is 11.9 Å². The molecule has 2 N–H and O–H groups in total. The highest BCUT2D eigenvalue weighted by Gasteiger charge is 2.27. The molecule has 0 aromatic heterocycles. The van der Waals surface area contributed by atoms with Gasteiger partial charge in [0, 0.05) is 6.04 Å². The zero-order chi connectivity index (χ0) is 13.1. The van der Waals surface area contributed by atoms with Crippen LogP contribution in [0.5, 0.6) is 0 Å². The van der Waals surface area contributed by atoms with E-state index in [1.54, 1.807) is 6.07 Å². The third-order valence-corrected chi connectivity index (χ3v) is 4.51. The van der Waals surface area contributed by atoms with Crippen LogP contribution in [0.25, 0.3) is 0 Å². The van der Waals surface area contributed by atoms with Gasteiger partial charge in [0.05, 0.1) is 0 Å². The summed E-state index contributed by atoms with van der Waals surface area (Å²) < 4.78 is 13.4. The van der Waals surface area contributed by atoms with Crippen LogP contribution in [-0.4, -0.2) is 0 Å². The normalized spacial score (nSPS) is 26.0. The van der Waals surface area contributed by atoms with E-state index >= 15 is 0 Å². The molecule has 1 aromatic carbocycles. The zero-order valence-corrected chi connectivity index (χ0v) is 11.5. The SMILES string of the molecule is CCC1CCCC(C(N)c2cc(F)ccc2C)C1. The number of hydrogen-bond donors (Lipinski definition) is 1. The molecule has 3 unspecified atom stereocenters. The molecule has 2 rings (SSSR count). The maximum Gasteiger partial charge on any atom is 0.123 e. The Kier molecular flexibility index (Phi) is 4.39. The van der Waals surface area contributed by atoms with Crippen LogP contribution in [0, 0.1) is 24.6 Å². The Balaban J connectivity index is 2.14. The first kappa shape index (κ1) is 13.5. The minimum Gasteiger partial charge on any atom is -0.324 e. The second kappa shape index (κ2) is 5.83. The highest BCUT2D eigenvalue weighted by molar-refractivity contribution is 5.29. The maximum absolute atomic E-state index is 13.4. The standard InChI is InChI=1S/C16H24FN/c1-3-12-5-4-6-13(9-12)16(18)15-10-14(17)8-7-11(15)2/h7-8,10,12-13,16H,3-6,9,18H2,1-2H3. The third kappa shape index (κ3) is 2.92. The second-order valence-corrected chi connectivity index (χ2v) is 5.73. The lowest BCUT2D eigenvalue weighted by Gasteiger charge is -2.33. The van der Waals surface area contributed by atoms with Crippen LogP contribution < -0.4 is 5.73 Å². The van der Waals surface area contributed by atoms with Crippen LogP contribution in [0.2, 0.25) is 0 Å². The van der Waals surface area contributed by atoms with Crippen LogP contribution in [0.1, 0.15) is 56.2 Å². The fourth-order valence-electron chi connectivity index (χ4n) is 3.25. The predicted molar refractivity (Wildman–Crippen MR) is 73.8 cm³/mol. The van der Waals surface area contributed by atoms with Gasteiger partial charge in [-0.05, 0) is 54.9 Å². The first-order valence-electron chi connectivity index (χ1n) is 7.13. The lowest BCUT2D eigenvalue weighted by molar-refractivity contribution is 0.230. The highest BCUT2D eigenvalue weighted by Crippen LogP contribution is 2.38. The van der Waals surface area contributed by atoms with Crippen molar-refractivity contribution >= 4 is 0 Å². The summed E-state index contributed by atoms with van der Waals surface area (Å²) in [6.45, 7) is 4.28. The van der Waals surface area contributed by atoms with E-state index in [1.165, 1.54) is 38.2 Å². The summed E-state index contributed by atoms with van der Waals surface area (Å²) in [5.74, 6) is 1.15. The Morgan fingerprint density at radius 1 is 1.39 bits per heavy atom. The van der Waals surface area contributed by atoms with Gasteiger partial charge >= 0.3 is 0 Å². The number of hydrogen-bond acceptors (Lipinski definition) is 1. The summed E-state index contributed by atoms with van der Waals surface area (Å²) in [6, 6.07) is 4.97. The monoisotopic (exact) mass is 249 g/mol. The second-order valence-electron chi connectivity index (χ2n) is 5.73. The molecule has 18 heavy (non-hydrogen) atoms. The van der Waals surface area contributed by atoms with Crippen molar-refractivity contribution in [2.75, 3.05) is 0 Å². The van der Waals surface area contributed by atoms with Crippen LogP contribution in [0.3, 0.4) is 0 Å². The van der Waals surface area contributed by atoms with E-state index in [4.69, 9.17) is 5.73 Å². The molecule has 1 nitrogen and oxygen atoms in total. The molecular weight excluding hydrogens is 225 g/mol. The minimum absolute atomic E-state index is 0.00458. The van der Waals surface area contributed by atoms with E-state index in [1.807, 2.05) is 13.0 Å². The summed E-state index contributed by atoms with van der Waals surface area (Å²) >= 11 is 0. The van der Waals surface area contributed by atoms with Crippen molar-refractivity contribution in [3.8, 4) is 0 Å². The predicted octanol–water partition coefficient (Wildman–Crippen LogP) is 4.35. The van der Waals surface area contributed by atoms with Crippen molar-refractivity contribution in [3.63, 3.8) is 0 Å². The molecule has 1 aliphatic rings. The Bertz CT molecular complexity index is 402. The topological polar surface area (TPSA) is 26.0 Å². The highest BCUT2D eigenvalue weighted by atomic mass is 19.1. The molecule has 0 amide bonds. The maximum atomic E-state index is 13.4. The first-order valence-corrected chi connectivity index (χ1v) is 7.13. The van der Waals surface area contributed by atoms with Gasteiger partial charge in [-0.2, -0.15) is 0 Å². The molecule has 1 aromatic rings. The molecule has 0 radical (unpaired) electrons. The van der Waals surface area contributed by atoms with Crippen LogP contribution in [0.15, 0.2) is 18.2 Å². The smallest absolute Gasteiger partial charge is 0.123 e. The third-order valence-electron chi connectivity index (χ3n) is 4.51. The van der Waals surface area contributed by atoms with E-state index in [0.717, 1.165) is 17.0 Å². The number of benzene rings is 1. The van der Waals surface area contributed by atoms with Gasteiger partial charge in [-0.15, -0.1) is 0 Å². The Labute approximate surface area is 110 Å². The molecule has 100 valence electrons. The minimum atomic E-state index is -0.172. The number of rotatable bonds is 3. The van der Waals surface area contributed by atoms with Gasteiger partial charge in [0.25, 0.3) is 0 Å². The first-order chi connectivity index (χ1) is 8.61. The molecule has 3 atom stereocenters. The lowest BCUT2D eigenvalue weighted by atomic mass is 9.75. The zero-order valence-electron chi connectivity index (χ0n) is 11.5. The van der Waals surface area contributed by atoms with E-state index < -0.39 is 0 Å². The van der Waals surface area contributed by atoms with Crippen molar-refractivity contribution < 1.29 is 4.39 Å². The Morgan fingerprint density at radius 2 is 2.17 bits per heavy atom. The number of aryl methyl sites for hydroxylation is 1. The molecular formula is C16H24FN. The molecule has 0 aliphatic heterocycles. The van der Waals surface area contributed by atoms with Crippen molar-refractivity contribution in [2.45, 2.75) is 52.0 Å². The fourth-order valence-corrected chi connectivity index (χ4v) is 3.25. The van der Waals surface area contributed by atoms with E-state index in [9.17, 15) is 4.39 Å². The molecule has 1 aliphatic carbocycles. The van der Waals surface area contributed by atoms with Gasteiger partial charge in [0.1, 0.15) is 5.82 Å². The van der Waals surface area contributed by atoms with E-state index in [0.29, 0.717) is 5.92 Å². The Morgan fingerprint density at radius 3 is 2.89 bits per heavy atom. The molecule has 0 spiro atoms. The largest absolute Gasteiger partial charge is 0.324 e.